The number of nitrogens with one attached hydrogen (secondary N) is 3. The summed E-state index contributed by atoms with van der Waals surface area (Å²) in [5, 5.41) is 18.0. The SMILES string of the molecule is CC(C)NC(=O)Nc1ccc2c(c1)C(=O)N([C@@H](C)CO)C[C@H](C)[C@@H](CN(C)C(=O)Nc1ccc(F)cc1)O2. The number of urea groups is 2. The molecule has 0 spiro atoms. The third-order valence-electron chi connectivity index (χ3n) is 6.24. The molecule has 0 unspecified atom stereocenters. The van der Waals surface area contributed by atoms with Crippen LogP contribution in [0.2, 0.25) is 0 Å². The maximum absolute atomic E-state index is 13.5. The fourth-order valence-corrected chi connectivity index (χ4v) is 4.05. The van der Waals surface area contributed by atoms with Crippen LogP contribution in [-0.4, -0.2) is 77.8 Å². The number of halogens is 1. The zero-order valence-corrected chi connectivity index (χ0v) is 22.3. The second-order valence-corrected chi connectivity index (χ2v) is 9.90. The van der Waals surface area contributed by atoms with E-state index < -0.39 is 30.0 Å². The first-order valence-corrected chi connectivity index (χ1v) is 12.6. The molecule has 0 fully saturated rings. The molecule has 0 saturated carbocycles. The van der Waals surface area contributed by atoms with E-state index >= 15 is 0 Å². The van der Waals surface area contributed by atoms with E-state index in [2.05, 4.69) is 16.0 Å². The van der Waals surface area contributed by atoms with Gasteiger partial charge < -0.3 is 35.6 Å². The van der Waals surface area contributed by atoms with Crippen molar-refractivity contribution in [2.24, 2.45) is 5.92 Å². The van der Waals surface area contributed by atoms with E-state index in [9.17, 15) is 23.9 Å². The van der Waals surface area contributed by atoms with Crippen molar-refractivity contribution in [2.75, 3.05) is 37.4 Å². The lowest BCUT2D eigenvalue weighted by atomic mass is 9.99. The summed E-state index contributed by atoms with van der Waals surface area (Å²) in [6.07, 6.45) is -0.498. The number of carbonyl (C=O) groups excluding carboxylic acids is 3. The summed E-state index contributed by atoms with van der Waals surface area (Å²) in [6, 6.07) is 8.93. The molecular weight excluding hydrogens is 493 g/mol. The Labute approximate surface area is 222 Å². The summed E-state index contributed by atoms with van der Waals surface area (Å²) in [6.45, 7) is 7.59. The monoisotopic (exact) mass is 529 g/mol. The Morgan fingerprint density at radius 2 is 1.79 bits per heavy atom. The number of rotatable bonds is 7. The van der Waals surface area contributed by atoms with Crippen molar-refractivity contribution in [1.29, 1.82) is 0 Å². The maximum atomic E-state index is 13.5. The molecule has 0 aliphatic carbocycles. The van der Waals surface area contributed by atoms with Crippen molar-refractivity contribution in [3.63, 3.8) is 0 Å². The highest BCUT2D eigenvalue weighted by atomic mass is 19.1. The van der Waals surface area contributed by atoms with Gasteiger partial charge in [-0.05, 0) is 63.2 Å². The van der Waals surface area contributed by atoms with Gasteiger partial charge in [-0.3, -0.25) is 4.79 Å². The predicted molar refractivity (Wildman–Crippen MR) is 143 cm³/mol. The molecule has 10 nitrogen and oxygen atoms in total. The second-order valence-electron chi connectivity index (χ2n) is 9.90. The normalized spacial score (nSPS) is 18.0. The number of aliphatic hydroxyl groups is 1. The van der Waals surface area contributed by atoms with E-state index in [0.29, 0.717) is 17.1 Å². The van der Waals surface area contributed by atoms with Crippen LogP contribution in [0.4, 0.5) is 25.4 Å². The topological polar surface area (TPSA) is 123 Å². The van der Waals surface area contributed by atoms with Crippen molar-refractivity contribution in [3.05, 3.63) is 53.8 Å². The Hall–Kier alpha value is -3.86. The van der Waals surface area contributed by atoms with Gasteiger partial charge in [0.25, 0.3) is 5.91 Å². The number of anilines is 2. The van der Waals surface area contributed by atoms with Gasteiger partial charge in [0.15, 0.2) is 0 Å². The fraction of sp³-hybridized carbons (Fsp3) is 0.444. The molecule has 5 amide bonds. The van der Waals surface area contributed by atoms with Gasteiger partial charge >= 0.3 is 12.1 Å². The zero-order valence-electron chi connectivity index (χ0n) is 22.3. The third kappa shape index (κ3) is 7.34. The molecule has 2 aromatic rings. The largest absolute Gasteiger partial charge is 0.487 e. The maximum Gasteiger partial charge on any atom is 0.321 e. The van der Waals surface area contributed by atoms with Crippen LogP contribution in [0.3, 0.4) is 0 Å². The quantitative estimate of drug-likeness (QED) is 0.435. The molecule has 4 N–H and O–H groups in total. The van der Waals surface area contributed by atoms with Crippen LogP contribution < -0.4 is 20.7 Å². The van der Waals surface area contributed by atoms with E-state index in [4.69, 9.17) is 4.74 Å². The van der Waals surface area contributed by atoms with Gasteiger partial charge in [-0.25, -0.2) is 14.0 Å². The summed E-state index contributed by atoms with van der Waals surface area (Å²) in [7, 11) is 1.62. The average Bonchev–Trinajstić information content (AvgIpc) is 2.86. The Bertz CT molecular complexity index is 1140. The Balaban J connectivity index is 1.85. The van der Waals surface area contributed by atoms with Gasteiger partial charge in [0.2, 0.25) is 0 Å². The number of carbonyl (C=O) groups is 3. The van der Waals surface area contributed by atoms with Crippen LogP contribution in [0.25, 0.3) is 0 Å². The lowest BCUT2D eigenvalue weighted by molar-refractivity contribution is 0.0371. The van der Waals surface area contributed by atoms with Gasteiger partial charge in [0.05, 0.1) is 24.8 Å². The minimum atomic E-state index is -0.498. The van der Waals surface area contributed by atoms with Crippen LogP contribution in [-0.2, 0) is 0 Å². The smallest absolute Gasteiger partial charge is 0.321 e. The number of hydrogen-bond donors (Lipinski definition) is 4. The van der Waals surface area contributed by atoms with Crippen LogP contribution in [0.1, 0.15) is 38.1 Å². The van der Waals surface area contributed by atoms with Gasteiger partial charge in [-0.15, -0.1) is 0 Å². The molecule has 0 bridgehead atoms. The molecule has 38 heavy (non-hydrogen) atoms. The highest BCUT2D eigenvalue weighted by Gasteiger charge is 2.34. The highest BCUT2D eigenvalue weighted by molar-refractivity contribution is 5.99. The number of ether oxygens (including phenoxy) is 1. The molecule has 0 aromatic heterocycles. The van der Waals surface area contributed by atoms with Gasteiger partial charge in [-0.1, -0.05) is 6.92 Å². The fourth-order valence-electron chi connectivity index (χ4n) is 4.05. The molecule has 1 aliphatic rings. The Kier molecular flexibility index (Phi) is 9.51. The molecule has 3 atom stereocenters. The first-order chi connectivity index (χ1) is 18.0. The molecule has 1 aliphatic heterocycles. The van der Waals surface area contributed by atoms with E-state index in [1.54, 1.807) is 37.1 Å². The number of amides is 5. The van der Waals surface area contributed by atoms with E-state index in [1.807, 2.05) is 20.8 Å². The molecule has 3 rings (SSSR count). The summed E-state index contributed by atoms with van der Waals surface area (Å²) in [5.74, 6) is -0.621. The lowest BCUT2D eigenvalue weighted by Crippen LogP contribution is -2.50. The van der Waals surface area contributed by atoms with Crippen LogP contribution in [0.5, 0.6) is 5.75 Å². The van der Waals surface area contributed by atoms with Crippen molar-refractivity contribution >= 4 is 29.3 Å². The summed E-state index contributed by atoms with van der Waals surface area (Å²) >= 11 is 0. The molecule has 0 radical (unpaired) electrons. The summed E-state index contributed by atoms with van der Waals surface area (Å²) in [5.41, 5.74) is 1.11. The highest BCUT2D eigenvalue weighted by Crippen LogP contribution is 2.30. The third-order valence-corrected chi connectivity index (χ3v) is 6.24. The summed E-state index contributed by atoms with van der Waals surface area (Å²) < 4.78 is 19.5. The minimum Gasteiger partial charge on any atom is -0.487 e. The zero-order chi connectivity index (χ0) is 28.0. The molecule has 1 heterocycles. The van der Waals surface area contributed by atoms with Crippen molar-refractivity contribution in [2.45, 2.75) is 45.9 Å². The van der Waals surface area contributed by atoms with E-state index in [0.717, 1.165) is 0 Å². The summed E-state index contributed by atoms with van der Waals surface area (Å²) in [4.78, 5) is 41.5. The van der Waals surface area contributed by atoms with Gasteiger partial charge in [0.1, 0.15) is 17.7 Å². The van der Waals surface area contributed by atoms with Crippen LogP contribution in [0.15, 0.2) is 42.5 Å². The standard InChI is InChI=1S/C27H36FN5O5/c1-16(2)29-26(36)30-21-10-11-23-22(12-21)25(35)33(18(4)15-34)13-17(3)24(38-23)14-32(5)27(37)31-20-8-6-19(28)7-9-20/h6-12,16-18,24,34H,13-15H2,1-5H3,(H,31,37)(H2,29,30,36)/t17-,18-,24+/m0/s1. The first kappa shape index (κ1) is 28.7. The number of fused-ring (bicyclic) bond motifs is 1. The van der Waals surface area contributed by atoms with Crippen LogP contribution in [0, 0.1) is 11.7 Å². The van der Waals surface area contributed by atoms with Gasteiger partial charge in [-0.2, -0.15) is 0 Å². The minimum absolute atomic E-state index is 0.0651. The van der Waals surface area contributed by atoms with Crippen molar-refractivity contribution in [1.82, 2.24) is 15.1 Å². The first-order valence-electron chi connectivity index (χ1n) is 12.6. The lowest BCUT2D eigenvalue weighted by Gasteiger charge is -2.38. The second kappa shape index (κ2) is 12.6. The average molecular weight is 530 g/mol. The number of benzene rings is 2. The molecule has 0 saturated heterocycles. The molecular formula is C27H36FN5O5. The number of aliphatic hydroxyl groups excluding tert-OH is 1. The van der Waals surface area contributed by atoms with Crippen molar-refractivity contribution in [3.8, 4) is 5.75 Å². The number of hydrogen-bond acceptors (Lipinski definition) is 5. The predicted octanol–water partition coefficient (Wildman–Crippen LogP) is 3.74. The number of nitrogens with zero attached hydrogens (tertiary/aromatic N) is 2. The number of likely N-dealkylation sites (N-methyl/N-ethyl adjacent to an activating group) is 1. The molecule has 11 heteroatoms. The Morgan fingerprint density at radius 3 is 2.42 bits per heavy atom. The van der Waals surface area contributed by atoms with Crippen molar-refractivity contribution < 1.29 is 28.6 Å². The van der Waals surface area contributed by atoms with E-state index in [1.165, 1.54) is 29.2 Å². The van der Waals surface area contributed by atoms with Gasteiger partial charge in [0, 0.05) is 36.9 Å². The molecule has 2 aromatic carbocycles. The van der Waals surface area contributed by atoms with Crippen LogP contribution >= 0.6 is 0 Å². The molecule has 206 valence electrons. The Morgan fingerprint density at radius 1 is 1.13 bits per heavy atom. The van der Waals surface area contributed by atoms with E-state index in [-0.39, 0.29) is 43.1 Å².